The summed E-state index contributed by atoms with van der Waals surface area (Å²) in [4.78, 5) is 0. The summed E-state index contributed by atoms with van der Waals surface area (Å²) in [5, 5.41) is 3.25. The molecule has 2 aromatic carbocycles. The van der Waals surface area contributed by atoms with Crippen LogP contribution < -0.4 is 10.1 Å². The van der Waals surface area contributed by atoms with Gasteiger partial charge in [0.05, 0.1) is 7.11 Å². The number of halogens is 2. The maximum absolute atomic E-state index is 13.5. The molecule has 0 atom stereocenters. The molecule has 106 valence electrons. The first-order chi connectivity index (χ1) is 9.72. The molecule has 0 unspecified atom stereocenters. The SMILES string of the molecule is COc1ccc(CNc2ccc(CCCl)cc2)cc1F. The van der Waals surface area contributed by atoms with Crippen molar-refractivity contribution in [1.29, 1.82) is 0 Å². The van der Waals surface area contributed by atoms with Crippen LogP contribution in [0.25, 0.3) is 0 Å². The summed E-state index contributed by atoms with van der Waals surface area (Å²) in [6, 6.07) is 13.0. The number of benzene rings is 2. The Morgan fingerprint density at radius 2 is 1.80 bits per heavy atom. The molecule has 0 amide bonds. The molecule has 0 saturated heterocycles. The third-order valence-corrected chi connectivity index (χ3v) is 3.24. The highest BCUT2D eigenvalue weighted by atomic mass is 35.5. The van der Waals surface area contributed by atoms with Crippen molar-refractivity contribution in [3.05, 3.63) is 59.4 Å². The van der Waals surface area contributed by atoms with Gasteiger partial charge in [-0.25, -0.2) is 4.39 Å². The molecule has 4 heteroatoms. The minimum Gasteiger partial charge on any atom is -0.494 e. The lowest BCUT2D eigenvalue weighted by atomic mass is 10.1. The Labute approximate surface area is 123 Å². The van der Waals surface area contributed by atoms with Crippen LogP contribution in [-0.2, 0) is 13.0 Å². The normalized spacial score (nSPS) is 10.3. The molecule has 1 N–H and O–H groups in total. The molecule has 0 fully saturated rings. The van der Waals surface area contributed by atoms with E-state index in [1.54, 1.807) is 6.07 Å². The minimum atomic E-state index is -0.343. The zero-order valence-corrected chi connectivity index (χ0v) is 12.1. The van der Waals surface area contributed by atoms with Gasteiger partial charge < -0.3 is 10.1 Å². The van der Waals surface area contributed by atoms with Gasteiger partial charge >= 0.3 is 0 Å². The smallest absolute Gasteiger partial charge is 0.165 e. The van der Waals surface area contributed by atoms with E-state index in [2.05, 4.69) is 5.32 Å². The second kappa shape index (κ2) is 7.15. The fourth-order valence-electron chi connectivity index (χ4n) is 1.92. The zero-order chi connectivity index (χ0) is 14.4. The molecule has 0 aliphatic rings. The molecule has 0 radical (unpaired) electrons. The molecular formula is C16H17ClFNO. The first-order valence-electron chi connectivity index (χ1n) is 6.44. The van der Waals surface area contributed by atoms with Crippen LogP contribution in [0.5, 0.6) is 5.75 Å². The summed E-state index contributed by atoms with van der Waals surface area (Å²) >= 11 is 5.70. The van der Waals surface area contributed by atoms with Crippen molar-refractivity contribution >= 4 is 17.3 Å². The lowest BCUT2D eigenvalue weighted by Gasteiger charge is -2.09. The predicted molar refractivity (Wildman–Crippen MR) is 81.1 cm³/mol. The van der Waals surface area contributed by atoms with Crippen LogP contribution in [0.15, 0.2) is 42.5 Å². The first-order valence-corrected chi connectivity index (χ1v) is 6.97. The monoisotopic (exact) mass is 293 g/mol. The lowest BCUT2D eigenvalue weighted by Crippen LogP contribution is -2.00. The van der Waals surface area contributed by atoms with Crippen LogP contribution in [0.3, 0.4) is 0 Å². The molecule has 0 heterocycles. The Morgan fingerprint density at radius 1 is 1.10 bits per heavy atom. The molecule has 2 rings (SSSR count). The van der Waals surface area contributed by atoms with Crippen LogP contribution >= 0.6 is 11.6 Å². The van der Waals surface area contributed by atoms with Crippen molar-refractivity contribution < 1.29 is 9.13 Å². The highest BCUT2D eigenvalue weighted by Gasteiger charge is 2.03. The van der Waals surface area contributed by atoms with Gasteiger partial charge in [-0.2, -0.15) is 0 Å². The number of rotatable bonds is 6. The van der Waals surface area contributed by atoms with Crippen LogP contribution in [0.4, 0.5) is 10.1 Å². The third kappa shape index (κ3) is 3.87. The fraction of sp³-hybridized carbons (Fsp3) is 0.250. The van der Waals surface area contributed by atoms with Crippen molar-refractivity contribution in [3.8, 4) is 5.75 Å². The summed E-state index contributed by atoms with van der Waals surface area (Å²) in [6.45, 7) is 0.565. The average Bonchev–Trinajstić information content (AvgIpc) is 2.47. The van der Waals surface area contributed by atoms with E-state index in [1.165, 1.54) is 18.7 Å². The van der Waals surface area contributed by atoms with Crippen LogP contribution in [0.1, 0.15) is 11.1 Å². The minimum absolute atomic E-state index is 0.263. The second-order valence-electron chi connectivity index (χ2n) is 4.46. The molecule has 0 aliphatic carbocycles. The summed E-state index contributed by atoms with van der Waals surface area (Å²) in [5.41, 5.74) is 3.08. The Kier molecular flexibility index (Phi) is 5.24. The van der Waals surface area contributed by atoms with Gasteiger partial charge in [-0.15, -0.1) is 11.6 Å². The van der Waals surface area contributed by atoms with Gasteiger partial charge in [0.25, 0.3) is 0 Å². The van der Waals surface area contributed by atoms with Crippen molar-refractivity contribution in [3.63, 3.8) is 0 Å². The van der Waals surface area contributed by atoms with E-state index < -0.39 is 0 Å². The average molecular weight is 294 g/mol. The molecule has 2 nitrogen and oxygen atoms in total. The van der Waals surface area contributed by atoms with E-state index in [4.69, 9.17) is 16.3 Å². The van der Waals surface area contributed by atoms with Crippen molar-refractivity contribution in [2.45, 2.75) is 13.0 Å². The van der Waals surface area contributed by atoms with Crippen LogP contribution in [-0.4, -0.2) is 13.0 Å². The van der Waals surface area contributed by atoms with Gasteiger partial charge in [-0.3, -0.25) is 0 Å². The standard InChI is InChI=1S/C16H17ClFNO/c1-20-16-7-4-13(10-15(16)18)11-19-14-5-2-12(3-6-14)8-9-17/h2-7,10,19H,8-9,11H2,1H3. The van der Waals surface area contributed by atoms with Gasteiger partial charge in [0.2, 0.25) is 0 Å². The van der Waals surface area contributed by atoms with Gasteiger partial charge in [-0.1, -0.05) is 18.2 Å². The summed E-state index contributed by atoms with van der Waals surface area (Å²) in [7, 11) is 1.46. The highest BCUT2D eigenvalue weighted by Crippen LogP contribution is 2.18. The van der Waals surface area contributed by atoms with Gasteiger partial charge in [-0.05, 0) is 41.8 Å². The number of methoxy groups -OCH3 is 1. The Balaban J connectivity index is 1.96. The van der Waals surface area contributed by atoms with Crippen LogP contribution in [0, 0.1) is 5.82 Å². The highest BCUT2D eigenvalue weighted by molar-refractivity contribution is 6.17. The fourth-order valence-corrected chi connectivity index (χ4v) is 2.14. The molecule has 0 bridgehead atoms. The number of hydrogen-bond acceptors (Lipinski definition) is 2. The maximum atomic E-state index is 13.5. The van der Waals surface area contributed by atoms with E-state index in [-0.39, 0.29) is 11.6 Å². The number of hydrogen-bond donors (Lipinski definition) is 1. The van der Waals surface area contributed by atoms with E-state index in [1.807, 2.05) is 30.3 Å². The van der Waals surface area contributed by atoms with Gasteiger partial charge in [0.15, 0.2) is 11.6 Å². The molecular weight excluding hydrogens is 277 g/mol. The summed E-state index contributed by atoms with van der Waals surface area (Å²) < 4.78 is 18.4. The molecule has 0 spiro atoms. The Morgan fingerprint density at radius 3 is 2.40 bits per heavy atom. The number of ether oxygens (including phenoxy) is 1. The maximum Gasteiger partial charge on any atom is 0.165 e. The molecule has 2 aromatic rings. The van der Waals surface area contributed by atoms with Crippen molar-refractivity contribution in [2.75, 3.05) is 18.3 Å². The zero-order valence-electron chi connectivity index (χ0n) is 11.3. The lowest BCUT2D eigenvalue weighted by molar-refractivity contribution is 0.386. The number of aryl methyl sites for hydroxylation is 1. The summed E-state index contributed by atoms with van der Waals surface area (Å²) in [5.74, 6) is 0.543. The van der Waals surface area contributed by atoms with Gasteiger partial charge in [0, 0.05) is 18.1 Å². The topological polar surface area (TPSA) is 21.3 Å². The van der Waals surface area contributed by atoms with Crippen LogP contribution in [0.2, 0.25) is 0 Å². The summed E-state index contributed by atoms with van der Waals surface area (Å²) in [6.07, 6.45) is 0.867. The predicted octanol–water partition coefficient (Wildman–Crippen LogP) is 4.23. The first kappa shape index (κ1) is 14.7. The Bertz CT molecular complexity index is 557. The largest absolute Gasteiger partial charge is 0.494 e. The number of nitrogens with one attached hydrogen (secondary N) is 1. The van der Waals surface area contributed by atoms with E-state index in [9.17, 15) is 4.39 Å². The Hall–Kier alpha value is -1.74. The van der Waals surface area contributed by atoms with Crippen molar-refractivity contribution in [1.82, 2.24) is 0 Å². The third-order valence-electron chi connectivity index (χ3n) is 3.05. The van der Waals surface area contributed by atoms with E-state index >= 15 is 0 Å². The van der Waals surface area contributed by atoms with Gasteiger partial charge in [0.1, 0.15) is 0 Å². The second-order valence-corrected chi connectivity index (χ2v) is 4.84. The molecule has 0 aromatic heterocycles. The van der Waals surface area contributed by atoms with Crippen molar-refractivity contribution in [2.24, 2.45) is 0 Å². The number of alkyl halides is 1. The van der Waals surface area contributed by atoms with E-state index in [0.717, 1.165) is 17.7 Å². The quantitative estimate of drug-likeness (QED) is 0.805. The molecule has 0 saturated carbocycles. The number of anilines is 1. The van der Waals surface area contributed by atoms with E-state index in [0.29, 0.717) is 12.4 Å². The molecule has 20 heavy (non-hydrogen) atoms. The molecule has 0 aliphatic heterocycles.